The third-order valence-electron chi connectivity index (χ3n) is 2.77. The van der Waals surface area contributed by atoms with E-state index in [1.807, 2.05) is 19.1 Å². The second kappa shape index (κ2) is 6.14. The fourth-order valence-electron chi connectivity index (χ4n) is 1.72. The highest BCUT2D eigenvalue weighted by Gasteiger charge is 2.16. The lowest BCUT2D eigenvalue weighted by Gasteiger charge is -2.15. The minimum Gasteiger partial charge on any atom is -0.481 e. The van der Waals surface area contributed by atoms with Gasteiger partial charge >= 0.3 is 0 Å². The fraction of sp³-hybridized carbons (Fsp3) is 0.385. The van der Waals surface area contributed by atoms with Crippen LogP contribution in [0.1, 0.15) is 23.1 Å². The van der Waals surface area contributed by atoms with E-state index in [9.17, 15) is 4.79 Å². The Bertz CT molecular complexity index is 596. The monoisotopic (exact) mass is 275 g/mol. The first-order valence-electron chi connectivity index (χ1n) is 6.29. The summed E-state index contributed by atoms with van der Waals surface area (Å²) in [5.41, 5.74) is 1.08. The molecule has 0 bridgehead atoms. The van der Waals surface area contributed by atoms with Crippen LogP contribution in [-0.4, -0.2) is 44.9 Å². The Morgan fingerprint density at radius 3 is 2.90 bits per heavy atom. The van der Waals surface area contributed by atoms with Crippen LogP contribution in [-0.2, 0) is 13.1 Å². The summed E-state index contributed by atoms with van der Waals surface area (Å²) in [6, 6.07) is 5.44. The van der Waals surface area contributed by atoms with Gasteiger partial charge in [0.1, 0.15) is 0 Å². The van der Waals surface area contributed by atoms with Gasteiger partial charge in [0.25, 0.3) is 5.91 Å². The molecule has 0 aliphatic carbocycles. The molecule has 2 rings (SSSR count). The standard InChI is InChI=1S/C13H17N5O2/c1-4-18-14-8-11(16-18)13(19)17(2)9-10-6-5-7-12(15-10)20-3/h5-8H,4,9H2,1-3H3. The molecule has 1 amide bonds. The van der Waals surface area contributed by atoms with E-state index in [1.54, 1.807) is 25.1 Å². The van der Waals surface area contributed by atoms with Gasteiger partial charge in [0.2, 0.25) is 5.88 Å². The van der Waals surface area contributed by atoms with Gasteiger partial charge in [-0.15, -0.1) is 5.10 Å². The van der Waals surface area contributed by atoms with Crippen molar-refractivity contribution in [2.45, 2.75) is 20.0 Å². The van der Waals surface area contributed by atoms with E-state index in [4.69, 9.17) is 4.74 Å². The molecule has 7 heteroatoms. The second-order valence-electron chi connectivity index (χ2n) is 4.25. The Kier molecular flexibility index (Phi) is 4.29. The normalized spacial score (nSPS) is 10.3. The molecule has 0 unspecified atom stereocenters. The van der Waals surface area contributed by atoms with E-state index >= 15 is 0 Å². The minimum atomic E-state index is -0.186. The Labute approximate surface area is 117 Å². The molecule has 0 aliphatic heterocycles. The molecule has 0 fully saturated rings. The molecular formula is C13H17N5O2. The molecule has 0 radical (unpaired) electrons. The number of ether oxygens (including phenoxy) is 1. The highest BCUT2D eigenvalue weighted by Crippen LogP contribution is 2.09. The van der Waals surface area contributed by atoms with E-state index < -0.39 is 0 Å². The lowest BCUT2D eigenvalue weighted by Crippen LogP contribution is -2.27. The number of hydrogen-bond acceptors (Lipinski definition) is 5. The summed E-state index contributed by atoms with van der Waals surface area (Å²) < 4.78 is 5.06. The summed E-state index contributed by atoms with van der Waals surface area (Å²) in [5.74, 6) is 0.342. The second-order valence-corrected chi connectivity index (χ2v) is 4.25. The maximum absolute atomic E-state index is 12.2. The number of carbonyl (C=O) groups is 1. The smallest absolute Gasteiger partial charge is 0.276 e. The predicted octanol–water partition coefficient (Wildman–Crippen LogP) is 0.974. The van der Waals surface area contributed by atoms with Crippen molar-refractivity contribution in [1.82, 2.24) is 24.9 Å². The molecule has 2 aromatic rings. The zero-order chi connectivity index (χ0) is 14.5. The molecule has 0 spiro atoms. The number of amides is 1. The van der Waals surface area contributed by atoms with Crippen molar-refractivity contribution in [1.29, 1.82) is 0 Å². The van der Waals surface area contributed by atoms with Crippen molar-refractivity contribution in [2.24, 2.45) is 0 Å². The zero-order valence-electron chi connectivity index (χ0n) is 11.8. The van der Waals surface area contributed by atoms with Crippen LogP contribution in [0.2, 0.25) is 0 Å². The van der Waals surface area contributed by atoms with Crippen LogP contribution in [0.4, 0.5) is 0 Å². The van der Waals surface area contributed by atoms with E-state index in [-0.39, 0.29) is 5.91 Å². The van der Waals surface area contributed by atoms with Gasteiger partial charge in [-0.05, 0) is 13.0 Å². The first-order valence-corrected chi connectivity index (χ1v) is 6.29. The average Bonchev–Trinajstić information content (AvgIpc) is 2.95. The van der Waals surface area contributed by atoms with Crippen molar-refractivity contribution in [2.75, 3.05) is 14.2 Å². The van der Waals surface area contributed by atoms with Gasteiger partial charge in [-0.25, -0.2) is 4.98 Å². The molecule has 2 heterocycles. The minimum absolute atomic E-state index is 0.186. The van der Waals surface area contributed by atoms with E-state index in [0.29, 0.717) is 24.7 Å². The van der Waals surface area contributed by atoms with Gasteiger partial charge < -0.3 is 9.64 Å². The molecule has 20 heavy (non-hydrogen) atoms. The van der Waals surface area contributed by atoms with Crippen LogP contribution in [0, 0.1) is 0 Å². The van der Waals surface area contributed by atoms with Crippen LogP contribution in [0.5, 0.6) is 5.88 Å². The number of rotatable bonds is 5. The van der Waals surface area contributed by atoms with Crippen LogP contribution in [0.3, 0.4) is 0 Å². The summed E-state index contributed by atoms with van der Waals surface area (Å²) >= 11 is 0. The Morgan fingerprint density at radius 1 is 1.45 bits per heavy atom. The SMILES string of the molecule is CCn1ncc(C(=O)N(C)Cc2cccc(OC)n2)n1. The molecule has 2 aromatic heterocycles. The van der Waals surface area contributed by atoms with Gasteiger partial charge in [-0.3, -0.25) is 4.79 Å². The maximum Gasteiger partial charge on any atom is 0.276 e. The number of aryl methyl sites for hydroxylation is 1. The highest BCUT2D eigenvalue weighted by atomic mass is 16.5. The summed E-state index contributed by atoms with van der Waals surface area (Å²) in [5, 5.41) is 8.09. The van der Waals surface area contributed by atoms with Gasteiger partial charge in [-0.2, -0.15) is 9.90 Å². The summed E-state index contributed by atoms with van der Waals surface area (Å²) in [6.07, 6.45) is 1.47. The summed E-state index contributed by atoms with van der Waals surface area (Å²) in [7, 11) is 3.26. The number of pyridine rings is 1. The summed E-state index contributed by atoms with van der Waals surface area (Å²) in [4.78, 5) is 19.5. The molecule has 0 N–H and O–H groups in total. The highest BCUT2D eigenvalue weighted by molar-refractivity contribution is 5.91. The molecule has 0 atom stereocenters. The molecule has 106 valence electrons. The molecule has 0 aliphatic rings. The van der Waals surface area contributed by atoms with Crippen LogP contribution in [0.25, 0.3) is 0 Å². The van der Waals surface area contributed by atoms with Gasteiger partial charge in [0, 0.05) is 13.1 Å². The predicted molar refractivity (Wildman–Crippen MR) is 72.3 cm³/mol. The van der Waals surface area contributed by atoms with Crippen LogP contribution < -0.4 is 4.74 Å². The first-order chi connectivity index (χ1) is 9.63. The van der Waals surface area contributed by atoms with Crippen molar-refractivity contribution in [3.63, 3.8) is 0 Å². The fourth-order valence-corrected chi connectivity index (χ4v) is 1.72. The molecular weight excluding hydrogens is 258 g/mol. The lowest BCUT2D eigenvalue weighted by atomic mass is 10.3. The molecule has 7 nitrogen and oxygen atoms in total. The van der Waals surface area contributed by atoms with Crippen LogP contribution >= 0.6 is 0 Å². The van der Waals surface area contributed by atoms with Gasteiger partial charge in [-0.1, -0.05) is 6.07 Å². The molecule has 0 saturated carbocycles. The zero-order valence-corrected chi connectivity index (χ0v) is 11.8. The lowest BCUT2D eigenvalue weighted by molar-refractivity contribution is 0.0776. The van der Waals surface area contributed by atoms with Crippen molar-refractivity contribution < 1.29 is 9.53 Å². The van der Waals surface area contributed by atoms with Gasteiger partial charge in [0.05, 0.1) is 32.1 Å². The van der Waals surface area contributed by atoms with E-state index in [0.717, 1.165) is 5.69 Å². The van der Waals surface area contributed by atoms with Crippen LogP contribution in [0.15, 0.2) is 24.4 Å². The number of hydrogen-bond donors (Lipinski definition) is 0. The molecule has 0 saturated heterocycles. The third kappa shape index (κ3) is 3.11. The number of carbonyl (C=O) groups excluding carboxylic acids is 1. The van der Waals surface area contributed by atoms with Crippen molar-refractivity contribution in [3.05, 3.63) is 35.8 Å². The topological polar surface area (TPSA) is 73.1 Å². The maximum atomic E-state index is 12.2. The van der Waals surface area contributed by atoms with Gasteiger partial charge in [0.15, 0.2) is 5.69 Å². The van der Waals surface area contributed by atoms with Crippen molar-refractivity contribution in [3.8, 4) is 5.88 Å². The summed E-state index contributed by atoms with van der Waals surface area (Å²) in [6.45, 7) is 2.93. The Morgan fingerprint density at radius 2 is 2.25 bits per heavy atom. The molecule has 0 aromatic carbocycles. The number of methoxy groups -OCH3 is 1. The largest absolute Gasteiger partial charge is 0.481 e. The third-order valence-corrected chi connectivity index (χ3v) is 2.77. The van der Waals surface area contributed by atoms with Crippen molar-refractivity contribution >= 4 is 5.91 Å². The first kappa shape index (κ1) is 14.0. The quantitative estimate of drug-likeness (QED) is 0.813. The van der Waals surface area contributed by atoms with E-state index in [2.05, 4.69) is 15.2 Å². The van der Waals surface area contributed by atoms with E-state index in [1.165, 1.54) is 11.0 Å². The Balaban J connectivity index is 2.06. The number of aromatic nitrogens is 4. The average molecular weight is 275 g/mol. The Hall–Kier alpha value is -2.44. The number of nitrogens with zero attached hydrogens (tertiary/aromatic N) is 5.